The fourth-order valence-electron chi connectivity index (χ4n) is 4.48. The van der Waals surface area contributed by atoms with Crippen LogP contribution in [0, 0.1) is 0 Å². The number of amides is 1. The summed E-state index contributed by atoms with van der Waals surface area (Å²) in [5, 5.41) is 4.01. The summed E-state index contributed by atoms with van der Waals surface area (Å²) in [4.78, 5) is 25.2. The average Bonchev–Trinajstić information content (AvgIpc) is 3.38. The van der Waals surface area contributed by atoms with E-state index in [1.54, 1.807) is 0 Å². The number of halogens is 2. The molecule has 0 unspecified atom stereocenters. The number of fused-ring (bicyclic) bond motifs is 1. The summed E-state index contributed by atoms with van der Waals surface area (Å²) in [6, 6.07) is 14.1. The molecule has 6 nitrogen and oxygen atoms in total. The van der Waals surface area contributed by atoms with Crippen molar-refractivity contribution in [2.45, 2.75) is 25.3 Å². The molecule has 3 aromatic rings. The van der Waals surface area contributed by atoms with Gasteiger partial charge in [0.05, 0.1) is 22.1 Å². The number of aromatic nitrogens is 2. The summed E-state index contributed by atoms with van der Waals surface area (Å²) in [5.41, 5.74) is 3.94. The van der Waals surface area contributed by atoms with Crippen LogP contribution in [-0.2, 0) is 4.79 Å². The Morgan fingerprint density at radius 1 is 1.06 bits per heavy atom. The maximum absolute atomic E-state index is 12.8. The highest BCUT2D eigenvalue weighted by atomic mass is 35.5. The second-order valence-corrected chi connectivity index (χ2v) is 8.49. The highest BCUT2D eigenvalue weighted by molar-refractivity contribution is 6.33. The summed E-state index contributed by atoms with van der Waals surface area (Å²) < 4.78 is 0. The Bertz CT molecular complexity index is 1030. The molecule has 1 amide bonds. The third kappa shape index (κ3) is 4.52. The van der Waals surface area contributed by atoms with Gasteiger partial charge in [-0.05, 0) is 56.1 Å². The molecule has 2 aliphatic rings. The molecule has 0 radical (unpaired) electrons. The van der Waals surface area contributed by atoms with E-state index >= 15 is 0 Å². The molecule has 0 saturated carbocycles. The van der Waals surface area contributed by atoms with Gasteiger partial charge in [0.15, 0.2) is 0 Å². The Balaban J connectivity index is 0.00000231. The Morgan fingerprint density at radius 3 is 2.74 bits per heavy atom. The summed E-state index contributed by atoms with van der Waals surface area (Å²) in [5.74, 6) is 1.04. The van der Waals surface area contributed by atoms with Crippen LogP contribution < -0.4 is 10.2 Å². The van der Waals surface area contributed by atoms with Crippen LogP contribution in [0.3, 0.4) is 0 Å². The van der Waals surface area contributed by atoms with Crippen LogP contribution >= 0.6 is 24.0 Å². The predicted octanol–water partition coefficient (Wildman–Crippen LogP) is 4.10. The lowest BCUT2D eigenvalue weighted by Crippen LogP contribution is -2.45. The Hall–Kier alpha value is -2.28. The largest absolute Gasteiger partial charge is 0.370 e. The van der Waals surface area contributed by atoms with Crippen LogP contribution in [0.25, 0.3) is 22.4 Å². The zero-order chi connectivity index (χ0) is 20.5. The Morgan fingerprint density at radius 2 is 1.94 bits per heavy atom. The number of carbonyl (C=O) groups excluding carboxylic acids is 1. The molecule has 2 aromatic carbocycles. The van der Waals surface area contributed by atoms with Crippen LogP contribution in [-0.4, -0.2) is 59.5 Å². The maximum Gasteiger partial charge on any atom is 0.239 e. The summed E-state index contributed by atoms with van der Waals surface area (Å²) in [6.45, 7) is 4.26. The Kier molecular flexibility index (Phi) is 6.70. The first kappa shape index (κ1) is 21.9. The molecule has 0 bridgehead atoms. The van der Waals surface area contributed by atoms with Crippen LogP contribution in [0.15, 0.2) is 42.5 Å². The molecule has 2 saturated heterocycles. The smallest absolute Gasteiger partial charge is 0.239 e. The molecule has 31 heavy (non-hydrogen) atoms. The van der Waals surface area contributed by atoms with E-state index in [9.17, 15) is 4.79 Å². The van der Waals surface area contributed by atoms with Gasteiger partial charge in [-0.3, -0.25) is 4.79 Å². The number of H-pyrrole nitrogens is 1. The van der Waals surface area contributed by atoms with Gasteiger partial charge in [-0.1, -0.05) is 23.7 Å². The molecular formula is C23H27Cl2N5O. The average molecular weight is 460 g/mol. The first-order valence-electron chi connectivity index (χ1n) is 10.7. The summed E-state index contributed by atoms with van der Waals surface area (Å²) >= 11 is 6.53. The maximum atomic E-state index is 12.8. The van der Waals surface area contributed by atoms with Gasteiger partial charge >= 0.3 is 0 Å². The minimum Gasteiger partial charge on any atom is -0.370 e. The van der Waals surface area contributed by atoms with Gasteiger partial charge < -0.3 is 20.1 Å². The number of hydrogen-bond acceptors (Lipinski definition) is 4. The van der Waals surface area contributed by atoms with Gasteiger partial charge in [-0.2, -0.15) is 0 Å². The zero-order valence-corrected chi connectivity index (χ0v) is 18.9. The number of benzene rings is 2. The number of para-hydroxylation sites is 2. The normalized spacial score (nSPS) is 19.3. The third-order valence-corrected chi connectivity index (χ3v) is 6.46. The fraction of sp³-hybridized carbons (Fsp3) is 0.391. The molecule has 2 aliphatic heterocycles. The van der Waals surface area contributed by atoms with E-state index in [1.807, 2.05) is 35.2 Å². The van der Waals surface area contributed by atoms with Crippen molar-refractivity contribution in [2.75, 3.05) is 37.6 Å². The molecule has 164 valence electrons. The van der Waals surface area contributed by atoms with Gasteiger partial charge in [-0.25, -0.2) is 4.98 Å². The lowest BCUT2D eigenvalue weighted by atomic mass is 10.1. The van der Waals surface area contributed by atoms with Crippen LogP contribution in [0.2, 0.25) is 5.02 Å². The topological polar surface area (TPSA) is 64.3 Å². The standard InChI is InChI=1S/C23H26ClN5O.ClH/c24-18-9-8-16(15-17(18)22-26-19-5-1-2-6-20(19)27-22)28-11-4-12-29(14-13-28)23(30)21-7-3-10-25-21;/h1-2,5-6,8-9,15,21,25H,3-4,7,10-14H2,(H,26,27);1H/t21-;/m1./s1. The van der Waals surface area contributed by atoms with Crippen molar-refractivity contribution in [2.24, 2.45) is 0 Å². The van der Waals surface area contributed by atoms with Crippen LogP contribution in [0.5, 0.6) is 0 Å². The third-order valence-electron chi connectivity index (χ3n) is 6.13. The number of aromatic amines is 1. The van der Waals surface area contributed by atoms with E-state index < -0.39 is 0 Å². The number of anilines is 1. The number of nitrogens with one attached hydrogen (secondary N) is 2. The molecule has 0 aliphatic carbocycles. The van der Waals surface area contributed by atoms with E-state index in [4.69, 9.17) is 16.6 Å². The lowest BCUT2D eigenvalue weighted by molar-refractivity contribution is -0.132. The van der Waals surface area contributed by atoms with Crippen molar-refractivity contribution in [1.82, 2.24) is 20.2 Å². The van der Waals surface area contributed by atoms with Crippen molar-refractivity contribution in [3.63, 3.8) is 0 Å². The van der Waals surface area contributed by atoms with E-state index in [1.165, 1.54) is 0 Å². The van der Waals surface area contributed by atoms with E-state index in [0.29, 0.717) is 5.02 Å². The molecule has 1 atom stereocenters. The van der Waals surface area contributed by atoms with Gasteiger partial charge in [-0.15, -0.1) is 12.4 Å². The van der Waals surface area contributed by atoms with Gasteiger partial charge in [0.1, 0.15) is 5.82 Å². The number of hydrogen-bond donors (Lipinski definition) is 2. The molecule has 0 spiro atoms. The number of imidazole rings is 1. The summed E-state index contributed by atoms with van der Waals surface area (Å²) in [7, 11) is 0. The fourth-order valence-corrected chi connectivity index (χ4v) is 4.69. The van der Waals surface area contributed by atoms with Crippen molar-refractivity contribution in [3.8, 4) is 11.4 Å². The van der Waals surface area contributed by atoms with E-state index in [2.05, 4.69) is 27.3 Å². The lowest BCUT2D eigenvalue weighted by Gasteiger charge is -2.25. The second-order valence-electron chi connectivity index (χ2n) is 8.08. The predicted molar refractivity (Wildman–Crippen MR) is 128 cm³/mol. The molecule has 3 heterocycles. The molecule has 5 rings (SSSR count). The molecule has 2 N–H and O–H groups in total. The first-order valence-corrected chi connectivity index (χ1v) is 11.1. The van der Waals surface area contributed by atoms with Crippen molar-refractivity contribution >= 4 is 46.6 Å². The molecule has 1 aromatic heterocycles. The monoisotopic (exact) mass is 459 g/mol. The highest BCUT2D eigenvalue weighted by Crippen LogP contribution is 2.32. The SMILES string of the molecule is Cl.O=C([C@H]1CCCN1)N1CCCN(c2ccc(Cl)c(-c3nc4ccccc4[nH]3)c2)CC1. The Labute approximate surface area is 193 Å². The second kappa shape index (κ2) is 9.47. The van der Waals surface area contributed by atoms with E-state index in [0.717, 1.165) is 80.1 Å². The quantitative estimate of drug-likeness (QED) is 0.618. The number of nitrogens with zero attached hydrogens (tertiary/aromatic N) is 3. The molecular weight excluding hydrogens is 433 g/mol. The molecule has 2 fully saturated rings. The summed E-state index contributed by atoms with van der Waals surface area (Å²) in [6.07, 6.45) is 3.00. The van der Waals surface area contributed by atoms with Gasteiger partial charge in [0.2, 0.25) is 5.91 Å². The van der Waals surface area contributed by atoms with Crippen molar-refractivity contribution in [1.29, 1.82) is 0 Å². The highest BCUT2D eigenvalue weighted by Gasteiger charge is 2.28. The van der Waals surface area contributed by atoms with E-state index in [-0.39, 0.29) is 24.4 Å². The van der Waals surface area contributed by atoms with Crippen molar-refractivity contribution < 1.29 is 4.79 Å². The van der Waals surface area contributed by atoms with Crippen LogP contribution in [0.1, 0.15) is 19.3 Å². The van der Waals surface area contributed by atoms with Gasteiger partial charge in [0, 0.05) is 37.4 Å². The van der Waals surface area contributed by atoms with Crippen LogP contribution in [0.4, 0.5) is 5.69 Å². The zero-order valence-electron chi connectivity index (χ0n) is 17.3. The number of rotatable bonds is 3. The molecule has 8 heteroatoms. The minimum absolute atomic E-state index is 0. The van der Waals surface area contributed by atoms with Gasteiger partial charge in [0.25, 0.3) is 0 Å². The first-order chi connectivity index (χ1) is 14.7. The number of carbonyl (C=O) groups is 1. The minimum atomic E-state index is 0. The van der Waals surface area contributed by atoms with Crippen molar-refractivity contribution in [3.05, 3.63) is 47.5 Å².